The van der Waals surface area contributed by atoms with Crippen LogP contribution in [0.15, 0.2) is 71.6 Å². The number of hydrogen-bond acceptors (Lipinski definition) is 5. The fourth-order valence-corrected chi connectivity index (χ4v) is 5.21. The summed E-state index contributed by atoms with van der Waals surface area (Å²) >= 11 is 6.20. The quantitative estimate of drug-likeness (QED) is 0.473. The molecule has 0 unspecified atom stereocenters. The van der Waals surface area contributed by atoms with Gasteiger partial charge in [-0.2, -0.15) is 4.31 Å². The van der Waals surface area contributed by atoms with E-state index in [-0.39, 0.29) is 6.04 Å². The predicted octanol–water partition coefficient (Wildman–Crippen LogP) is 3.91. The Bertz CT molecular complexity index is 1240. The molecular formula is C23H23ClN2O6S. The van der Waals surface area contributed by atoms with Crippen molar-refractivity contribution in [3.63, 3.8) is 0 Å². The number of carbonyl (C=O) groups is 2. The van der Waals surface area contributed by atoms with E-state index in [4.69, 9.17) is 31.4 Å². The molecule has 0 radical (unpaired) electrons. The van der Waals surface area contributed by atoms with Crippen LogP contribution >= 0.6 is 11.6 Å². The maximum atomic E-state index is 13.0. The van der Waals surface area contributed by atoms with Gasteiger partial charge in [-0.3, -0.25) is 0 Å². The van der Waals surface area contributed by atoms with Gasteiger partial charge in [-0.25, -0.2) is 18.0 Å². The molecule has 0 saturated carbocycles. The van der Waals surface area contributed by atoms with Crippen LogP contribution in [0.3, 0.4) is 0 Å². The Kier molecular flexibility index (Phi) is 7.91. The van der Waals surface area contributed by atoms with Crippen molar-refractivity contribution in [1.82, 2.24) is 4.31 Å². The number of nitrogens with one attached hydrogen (secondary N) is 1. The van der Waals surface area contributed by atoms with E-state index in [2.05, 4.69) is 5.32 Å². The molecule has 0 aromatic heterocycles. The zero-order chi connectivity index (χ0) is 24.0. The molecule has 4 rings (SSSR count). The lowest BCUT2D eigenvalue weighted by Gasteiger charge is -2.32. The van der Waals surface area contributed by atoms with E-state index >= 15 is 0 Å². The smallest absolute Gasteiger partial charge is 0.414 e. The highest BCUT2D eigenvalue weighted by Gasteiger charge is 2.29. The lowest BCUT2D eigenvalue weighted by molar-refractivity contribution is -0.159. The van der Waals surface area contributed by atoms with Gasteiger partial charge in [-0.05, 0) is 47.9 Å². The minimum Gasteiger partial charge on any atom is -0.473 e. The van der Waals surface area contributed by atoms with E-state index in [1.807, 2.05) is 54.6 Å². The number of piperidine rings is 1. The van der Waals surface area contributed by atoms with Crippen LogP contribution in [0.5, 0.6) is 0 Å². The molecule has 0 bridgehead atoms. The molecule has 3 aromatic carbocycles. The standard InChI is InChI=1S/C21H21ClN2O2S.C2H2O4/c22-20-7-3-4-8-21(20)23-18-11-13-24(14-12-18)27(25,26)19-10-9-16-5-1-2-6-17(16)15-19;3-1(4)2(5)6/h1-10,15,18,23H,11-14H2;(H,3,4)(H,5,6). The normalized spacial score (nSPS) is 14.8. The van der Waals surface area contributed by atoms with Gasteiger partial charge < -0.3 is 15.5 Å². The predicted molar refractivity (Wildman–Crippen MR) is 126 cm³/mol. The second-order valence-corrected chi connectivity index (χ2v) is 9.77. The Morgan fingerprint density at radius 2 is 1.45 bits per heavy atom. The Labute approximate surface area is 196 Å². The second kappa shape index (κ2) is 10.7. The maximum absolute atomic E-state index is 13.0. The van der Waals surface area contributed by atoms with Crippen LogP contribution in [0.25, 0.3) is 10.8 Å². The van der Waals surface area contributed by atoms with Gasteiger partial charge in [0, 0.05) is 19.1 Å². The zero-order valence-electron chi connectivity index (χ0n) is 17.5. The topological polar surface area (TPSA) is 124 Å². The highest BCUT2D eigenvalue weighted by atomic mass is 35.5. The van der Waals surface area contributed by atoms with Crippen LogP contribution in [0, 0.1) is 0 Å². The number of benzene rings is 3. The Morgan fingerprint density at radius 3 is 2.06 bits per heavy atom. The molecule has 3 aromatic rings. The van der Waals surface area contributed by atoms with E-state index in [1.54, 1.807) is 16.4 Å². The number of rotatable bonds is 4. The third-order valence-corrected chi connectivity index (χ3v) is 7.45. The summed E-state index contributed by atoms with van der Waals surface area (Å²) in [6.45, 7) is 0.995. The monoisotopic (exact) mass is 490 g/mol. The zero-order valence-corrected chi connectivity index (χ0v) is 19.1. The summed E-state index contributed by atoms with van der Waals surface area (Å²) in [7, 11) is -3.48. The summed E-state index contributed by atoms with van der Waals surface area (Å²) in [5.41, 5.74) is 0.898. The molecule has 33 heavy (non-hydrogen) atoms. The first-order chi connectivity index (χ1) is 15.7. The highest BCUT2D eigenvalue weighted by Crippen LogP contribution is 2.27. The lowest BCUT2D eigenvalue weighted by atomic mass is 10.1. The van der Waals surface area contributed by atoms with Gasteiger partial charge in [-0.1, -0.05) is 54.1 Å². The summed E-state index contributed by atoms with van der Waals surface area (Å²) < 4.78 is 27.7. The van der Waals surface area contributed by atoms with Gasteiger partial charge in [0.2, 0.25) is 10.0 Å². The number of carboxylic acids is 2. The molecular weight excluding hydrogens is 468 g/mol. The first-order valence-corrected chi connectivity index (χ1v) is 12.0. The summed E-state index contributed by atoms with van der Waals surface area (Å²) in [6.07, 6.45) is 1.50. The molecule has 1 aliphatic heterocycles. The van der Waals surface area contributed by atoms with Crippen molar-refractivity contribution in [3.05, 3.63) is 71.8 Å². The molecule has 8 nitrogen and oxygen atoms in total. The molecule has 0 atom stereocenters. The Hall–Kier alpha value is -3.14. The van der Waals surface area contributed by atoms with E-state index in [0.717, 1.165) is 29.3 Å². The molecule has 1 fully saturated rings. The first-order valence-electron chi connectivity index (χ1n) is 10.1. The van der Waals surface area contributed by atoms with Crippen LogP contribution in [0.2, 0.25) is 5.02 Å². The average Bonchev–Trinajstić information content (AvgIpc) is 2.81. The van der Waals surface area contributed by atoms with E-state index in [1.165, 1.54) is 0 Å². The van der Waals surface area contributed by atoms with Gasteiger partial charge in [0.15, 0.2) is 0 Å². The third kappa shape index (κ3) is 6.22. The van der Waals surface area contributed by atoms with Crippen molar-refractivity contribution >= 4 is 50.0 Å². The van der Waals surface area contributed by atoms with Crippen molar-refractivity contribution in [2.45, 2.75) is 23.8 Å². The van der Waals surface area contributed by atoms with Gasteiger partial charge in [-0.15, -0.1) is 0 Å². The molecule has 0 amide bonds. The van der Waals surface area contributed by atoms with Crippen molar-refractivity contribution in [3.8, 4) is 0 Å². The summed E-state index contributed by atoms with van der Waals surface area (Å²) in [5.74, 6) is -3.65. The van der Waals surface area contributed by atoms with E-state index in [0.29, 0.717) is 23.0 Å². The van der Waals surface area contributed by atoms with E-state index in [9.17, 15) is 8.42 Å². The van der Waals surface area contributed by atoms with Gasteiger partial charge in [0.1, 0.15) is 0 Å². The van der Waals surface area contributed by atoms with Crippen LogP contribution in [0.1, 0.15) is 12.8 Å². The number of nitrogens with zero attached hydrogens (tertiary/aromatic N) is 1. The number of aliphatic carboxylic acids is 2. The molecule has 174 valence electrons. The highest BCUT2D eigenvalue weighted by molar-refractivity contribution is 7.89. The van der Waals surface area contributed by atoms with Gasteiger partial charge in [0.05, 0.1) is 15.6 Å². The maximum Gasteiger partial charge on any atom is 0.414 e. The third-order valence-electron chi connectivity index (χ3n) is 5.23. The fourth-order valence-electron chi connectivity index (χ4n) is 3.52. The summed E-state index contributed by atoms with van der Waals surface area (Å²) in [4.78, 5) is 18.6. The van der Waals surface area contributed by atoms with Gasteiger partial charge >= 0.3 is 11.9 Å². The Morgan fingerprint density at radius 1 is 0.879 bits per heavy atom. The second-order valence-electron chi connectivity index (χ2n) is 7.42. The average molecular weight is 491 g/mol. The number of fused-ring (bicyclic) bond motifs is 1. The molecule has 0 aliphatic carbocycles. The fraction of sp³-hybridized carbons (Fsp3) is 0.217. The van der Waals surface area contributed by atoms with Gasteiger partial charge in [0.25, 0.3) is 0 Å². The van der Waals surface area contributed by atoms with Crippen molar-refractivity contribution in [1.29, 1.82) is 0 Å². The summed E-state index contributed by atoms with van der Waals surface area (Å²) in [5, 5.41) is 20.9. The minimum atomic E-state index is -3.48. The number of hydrogen-bond donors (Lipinski definition) is 3. The molecule has 1 aliphatic rings. The summed E-state index contributed by atoms with van der Waals surface area (Å²) in [6, 6.07) is 21.0. The lowest BCUT2D eigenvalue weighted by Crippen LogP contribution is -2.42. The van der Waals surface area contributed by atoms with Crippen molar-refractivity contribution < 1.29 is 28.2 Å². The number of para-hydroxylation sites is 1. The first kappa shape index (κ1) is 24.5. The van der Waals surface area contributed by atoms with Crippen LogP contribution in [-0.4, -0.2) is 54.0 Å². The molecule has 1 saturated heterocycles. The molecule has 0 spiro atoms. The number of sulfonamides is 1. The number of halogens is 1. The SMILES string of the molecule is O=C(O)C(=O)O.O=S(=O)(c1ccc2ccccc2c1)N1CCC(Nc2ccccc2Cl)CC1. The Balaban J connectivity index is 0.000000454. The minimum absolute atomic E-state index is 0.216. The van der Waals surface area contributed by atoms with E-state index < -0.39 is 22.0 Å². The largest absolute Gasteiger partial charge is 0.473 e. The number of anilines is 1. The van der Waals surface area contributed by atoms with Crippen molar-refractivity contribution in [2.75, 3.05) is 18.4 Å². The molecule has 10 heteroatoms. The van der Waals surface area contributed by atoms with Crippen molar-refractivity contribution in [2.24, 2.45) is 0 Å². The van der Waals surface area contributed by atoms with Crippen LogP contribution in [-0.2, 0) is 19.6 Å². The molecule has 1 heterocycles. The number of carboxylic acid groups (broad SMARTS) is 2. The van der Waals surface area contributed by atoms with Crippen LogP contribution in [0.4, 0.5) is 5.69 Å². The molecule has 3 N–H and O–H groups in total. The van der Waals surface area contributed by atoms with Crippen LogP contribution < -0.4 is 5.32 Å².